The lowest BCUT2D eigenvalue weighted by atomic mass is 10.0. The van der Waals surface area contributed by atoms with Crippen molar-refractivity contribution in [3.63, 3.8) is 0 Å². The molecule has 0 amide bonds. The van der Waals surface area contributed by atoms with Crippen LogP contribution in [-0.2, 0) is 0 Å². The van der Waals surface area contributed by atoms with Gasteiger partial charge in [0.05, 0.1) is 11.9 Å². The van der Waals surface area contributed by atoms with Crippen LogP contribution in [0.3, 0.4) is 0 Å². The van der Waals surface area contributed by atoms with Gasteiger partial charge in [-0.1, -0.05) is 6.07 Å². The van der Waals surface area contributed by atoms with Crippen LogP contribution in [0, 0.1) is 0 Å². The fourth-order valence-electron chi connectivity index (χ4n) is 4.04. The smallest absolute Gasteiger partial charge is 0.138 e. The van der Waals surface area contributed by atoms with Crippen LogP contribution in [0.15, 0.2) is 48.0 Å². The Hall–Kier alpha value is -1.91. The second-order valence-corrected chi connectivity index (χ2v) is 7.85. The number of benzene rings is 1. The van der Waals surface area contributed by atoms with Gasteiger partial charge in [0.2, 0.25) is 0 Å². The molecule has 0 radical (unpaired) electrons. The van der Waals surface area contributed by atoms with Gasteiger partial charge in [0.15, 0.2) is 0 Å². The highest BCUT2D eigenvalue weighted by molar-refractivity contribution is 7.17. The maximum absolute atomic E-state index is 6.18. The van der Waals surface area contributed by atoms with Gasteiger partial charge in [0.1, 0.15) is 11.9 Å². The summed E-state index contributed by atoms with van der Waals surface area (Å²) in [4.78, 5) is 4.62. The van der Waals surface area contributed by atoms with Crippen molar-refractivity contribution in [1.29, 1.82) is 0 Å². The Balaban J connectivity index is 1.33. The summed E-state index contributed by atoms with van der Waals surface area (Å²) in [5.41, 5.74) is 2.16. The van der Waals surface area contributed by atoms with Crippen LogP contribution in [0.4, 0.5) is 0 Å². The molecule has 1 aromatic carbocycles. The second-order valence-electron chi connectivity index (χ2n) is 6.90. The van der Waals surface area contributed by atoms with Gasteiger partial charge in [-0.2, -0.15) is 0 Å². The molecule has 4 heteroatoms. The lowest BCUT2D eigenvalue weighted by molar-refractivity contribution is 0.137. The quantitative estimate of drug-likeness (QED) is 0.757. The van der Waals surface area contributed by atoms with E-state index in [1.807, 2.05) is 6.20 Å². The Morgan fingerprint density at radius 2 is 1.92 bits per heavy atom. The van der Waals surface area contributed by atoms with E-state index >= 15 is 0 Å². The minimum absolute atomic E-state index is 0.332. The van der Waals surface area contributed by atoms with E-state index in [1.54, 1.807) is 11.3 Å². The Morgan fingerprint density at radius 3 is 2.71 bits per heavy atom. The summed E-state index contributed by atoms with van der Waals surface area (Å²) in [6.45, 7) is 0. The number of thiophene rings is 1. The van der Waals surface area contributed by atoms with Crippen molar-refractivity contribution in [1.82, 2.24) is 10.3 Å². The molecule has 2 aromatic heterocycles. The molecule has 2 aliphatic rings. The molecule has 0 unspecified atom stereocenters. The molecule has 3 nitrogen and oxygen atoms in total. The lowest BCUT2D eigenvalue weighted by Crippen LogP contribution is -2.42. The Kier molecular flexibility index (Phi) is 3.53. The van der Waals surface area contributed by atoms with Crippen LogP contribution >= 0.6 is 11.3 Å². The van der Waals surface area contributed by atoms with Gasteiger partial charge < -0.3 is 10.1 Å². The zero-order valence-electron chi connectivity index (χ0n) is 13.4. The monoisotopic (exact) mass is 336 g/mol. The Labute approximate surface area is 145 Å². The number of pyridine rings is 1. The number of aromatic nitrogens is 1. The molecule has 2 bridgehead atoms. The minimum Gasteiger partial charge on any atom is -0.489 e. The summed E-state index contributed by atoms with van der Waals surface area (Å²) in [5, 5.41) is 7.07. The van der Waals surface area contributed by atoms with Crippen LogP contribution in [-0.4, -0.2) is 23.2 Å². The van der Waals surface area contributed by atoms with Gasteiger partial charge in [0.25, 0.3) is 0 Å². The highest BCUT2D eigenvalue weighted by atomic mass is 32.1. The predicted molar refractivity (Wildman–Crippen MR) is 98.7 cm³/mol. The van der Waals surface area contributed by atoms with Gasteiger partial charge in [-0.3, -0.25) is 4.98 Å². The number of ether oxygens (including phenoxy) is 1. The topological polar surface area (TPSA) is 34.1 Å². The maximum atomic E-state index is 6.18. The average Bonchev–Trinajstić information content (AvgIpc) is 3.21. The zero-order chi connectivity index (χ0) is 15.9. The van der Waals surface area contributed by atoms with Gasteiger partial charge in [-0.15, -0.1) is 11.3 Å². The molecular formula is C20H20N2OS. The van der Waals surface area contributed by atoms with Crippen LogP contribution < -0.4 is 10.1 Å². The Bertz CT molecular complexity index is 845. The lowest BCUT2D eigenvalue weighted by Gasteiger charge is -2.29. The minimum atomic E-state index is 0.332. The maximum Gasteiger partial charge on any atom is 0.138 e. The summed E-state index contributed by atoms with van der Waals surface area (Å²) in [6.07, 6.45) is 7.04. The van der Waals surface area contributed by atoms with Gasteiger partial charge in [-0.25, -0.2) is 0 Å². The summed E-state index contributed by atoms with van der Waals surface area (Å²) in [7, 11) is 0. The van der Waals surface area contributed by atoms with Gasteiger partial charge >= 0.3 is 0 Å². The first-order valence-corrected chi connectivity index (χ1v) is 9.58. The fraction of sp³-hybridized carbons (Fsp3) is 0.350. The normalized spacial score (nSPS) is 25.9. The van der Waals surface area contributed by atoms with E-state index < -0.39 is 0 Å². The molecule has 0 aliphatic carbocycles. The predicted octanol–water partition coefficient (Wildman–Crippen LogP) is 4.63. The summed E-state index contributed by atoms with van der Waals surface area (Å²) in [6, 6.07) is 14.1. The van der Waals surface area contributed by atoms with Crippen LogP contribution in [0.1, 0.15) is 25.7 Å². The highest BCUT2D eigenvalue weighted by Gasteiger charge is 2.34. The number of hydrogen-bond donors (Lipinski definition) is 1. The number of piperidine rings is 1. The molecule has 0 spiro atoms. The molecular weight excluding hydrogens is 316 g/mol. The molecule has 3 atom stereocenters. The largest absolute Gasteiger partial charge is 0.489 e. The van der Waals surface area contributed by atoms with Crippen molar-refractivity contribution < 1.29 is 4.74 Å². The third kappa shape index (κ3) is 2.70. The first-order chi connectivity index (χ1) is 11.8. The SMILES string of the molecule is c1cc2cc(-c3ccc(O[C@H]4C[C@H]5CC[C@@H](C4)N5)cn3)ccc2s1. The van der Waals surface area contributed by atoms with Crippen molar-refractivity contribution in [3.05, 3.63) is 48.0 Å². The molecule has 2 saturated heterocycles. The summed E-state index contributed by atoms with van der Waals surface area (Å²) in [5.74, 6) is 0.890. The van der Waals surface area contributed by atoms with Crippen molar-refractivity contribution in [2.75, 3.05) is 0 Å². The second kappa shape index (κ2) is 5.87. The van der Waals surface area contributed by atoms with Crippen LogP contribution in [0.2, 0.25) is 0 Å². The third-order valence-electron chi connectivity index (χ3n) is 5.22. The van der Waals surface area contributed by atoms with E-state index in [2.05, 4.69) is 52.1 Å². The molecule has 4 heterocycles. The van der Waals surface area contributed by atoms with E-state index in [4.69, 9.17) is 4.74 Å². The van der Waals surface area contributed by atoms with Gasteiger partial charge in [0, 0.05) is 22.3 Å². The number of rotatable bonds is 3. The molecule has 2 aliphatic heterocycles. The van der Waals surface area contributed by atoms with E-state index in [0.717, 1.165) is 29.8 Å². The standard InChI is InChI=1S/C20H20N2OS/c1-6-20-14(7-8-24-20)9-13(1)19-5-4-17(12-21-19)23-18-10-15-2-3-16(11-18)22-15/h1,4-9,12,15-16,18,22H,2-3,10-11H2/t15-,16+,18+. The van der Waals surface area contributed by atoms with Crippen LogP contribution in [0.5, 0.6) is 5.75 Å². The number of nitrogens with one attached hydrogen (secondary N) is 1. The third-order valence-corrected chi connectivity index (χ3v) is 6.11. The Morgan fingerprint density at radius 1 is 1.04 bits per heavy atom. The van der Waals surface area contributed by atoms with Gasteiger partial charge in [-0.05, 0) is 66.8 Å². The summed E-state index contributed by atoms with van der Waals surface area (Å²) < 4.78 is 7.50. The first-order valence-electron chi connectivity index (χ1n) is 8.70. The molecule has 1 N–H and O–H groups in total. The molecule has 2 fully saturated rings. The van der Waals surface area contributed by atoms with E-state index in [-0.39, 0.29) is 0 Å². The molecule has 3 aromatic rings. The number of nitrogens with zero attached hydrogens (tertiary/aromatic N) is 1. The molecule has 0 saturated carbocycles. The number of fused-ring (bicyclic) bond motifs is 3. The first kappa shape index (κ1) is 14.4. The van der Waals surface area contributed by atoms with Crippen molar-refractivity contribution in [3.8, 4) is 17.0 Å². The van der Waals surface area contributed by atoms with Crippen molar-refractivity contribution in [2.45, 2.75) is 43.9 Å². The fourth-order valence-corrected chi connectivity index (χ4v) is 4.81. The number of hydrogen-bond acceptors (Lipinski definition) is 4. The average molecular weight is 336 g/mol. The van der Waals surface area contributed by atoms with E-state index in [0.29, 0.717) is 18.2 Å². The highest BCUT2D eigenvalue weighted by Crippen LogP contribution is 2.31. The molecule has 24 heavy (non-hydrogen) atoms. The molecule has 5 rings (SSSR count). The zero-order valence-corrected chi connectivity index (χ0v) is 14.3. The van der Waals surface area contributed by atoms with E-state index in [1.165, 1.54) is 22.9 Å². The van der Waals surface area contributed by atoms with Crippen LogP contribution in [0.25, 0.3) is 21.3 Å². The molecule has 122 valence electrons. The summed E-state index contributed by atoms with van der Waals surface area (Å²) >= 11 is 1.77. The van der Waals surface area contributed by atoms with E-state index in [9.17, 15) is 0 Å². The van der Waals surface area contributed by atoms with Crippen molar-refractivity contribution in [2.24, 2.45) is 0 Å². The van der Waals surface area contributed by atoms with Crippen molar-refractivity contribution >= 4 is 21.4 Å².